The molecule has 0 heterocycles. The highest BCUT2D eigenvalue weighted by Crippen LogP contribution is 2.32. The smallest absolute Gasteiger partial charge is 0.343 e. The molecule has 0 aromatic heterocycles. The molecule has 0 spiro atoms. The summed E-state index contributed by atoms with van der Waals surface area (Å²) in [6, 6.07) is 42.3. The van der Waals surface area contributed by atoms with Crippen LogP contribution in [0.4, 0.5) is 0 Å². The van der Waals surface area contributed by atoms with Crippen LogP contribution in [0.5, 0.6) is 23.0 Å². The van der Waals surface area contributed by atoms with Gasteiger partial charge >= 0.3 is 23.9 Å². The Kier molecular flexibility index (Phi) is 26.6. The van der Waals surface area contributed by atoms with Crippen molar-refractivity contribution in [2.24, 2.45) is 10.2 Å². The van der Waals surface area contributed by atoms with E-state index in [0.717, 1.165) is 124 Å². The zero-order chi connectivity index (χ0) is 58.3. The van der Waals surface area contributed by atoms with Crippen molar-refractivity contribution in [3.8, 4) is 45.3 Å². The second-order valence-corrected chi connectivity index (χ2v) is 20.2. The van der Waals surface area contributed by atoms with Crippen LogP contribution in [0.1, 0.15) is 161 Å². The van der Waals surface area contributed by atoms with Crippen LogP contribution >= 0.6 is 0 Å². The van der Waals surface area contributed by atoms with Crippen molar-refractivity contribution in [2.75, 3.05) is 26.4 Å². The number of nitrogens with zero attached hydrogens (tertiary/aromatic N) is 2. The van der Waals surface area contributed by atoms with Gasteiger partial charge in [-0.05, 0) is 197 Å². The maximum absolute atomic E-state index is 13.9. The maximum atomic E-state index is 13.9. The Hall–Kier alpha value is -8.38. The molecule has 0 atom stereocenters. The van der Waals surface area contributed by atoms with Crippen molar-refractivity contribution in [3.63, 3.8) is 0 Å². The lowest BCUT2D eigenvalue weighted by Gasteiger charge is -2.14. The lowest BCUT2D eigenvalue weighted by molar-refractivity contribution is -0.138. The Morgan fingerprint density at radius 1 is 0.415 bits per heavy atom. The molecule has 0 saturated carbocycles. The van der Waals surface area contributed by atoms with Crippen LogP contribution in [0.25, 0.3) is 22.3 Å². The number of carbonyl (C=O) groups is 4. The first-order chi connectivity index (χ1) is 40.0. The molecule has 6 aromatic carbocycles. The van der Waals surface area contributed by atoms with Crippen molar-refractivity contribution in [2.45, 2.75) is 130 Å². The molecule has 12 nitrogen and oxygen atoms in total. The van der Waals surface area contributed by atoms with E-state index < -0.39 is 23.9 Å². The minimum atomic E-state index is -0.546. The van der Waals surface area contributed by atoms with Crippen molar-refractivity contribution in [1.29, 1.82) is 0 Å². The van der Waals surface area contributed by atoms with E-state index in [9.17, 15) is 19.2 Å². The molecule has 0 bridgehead atoms. The van der Waals surface area contributed by atoms with E-state index in [4.69, 9.17) is 38.6 Å². The summed E-state index contributed by atoms with van der Waals surface area (Å²) in [5.41, 5.74) is 9.22. The molecule has 0 N–H and O–H groups in total. The number of benzene rings is 6. The van der Waals surface area contributed by atoms with Crippen molar-refractivity contribution in [3.05, 3.63) is 192 Å². The van der Waals surface area contributed by atoms with E-state index in [2.05, 4.69) is 75.5 Å². The second kappa shape index (κ2) is 34.7. The third kappa shape index (κ3) is 20.9. The fraction of sp³-hybridized carbons (Fsp3) is 0.343. The summed E-state index contributed by atoms with van der Waals surface area (Å²) in [6.07, 6.45) is 18.2. The highest BCUT2D eigenvalue weighted by Gasteiger charge is 2.19. The molecule has 0 aliphatic rings. The molecule has 6 rings (SSSR count). The lowest BCUT2D eigenvalue weighted by Crippen LogP contribution is -2.12. The molecule has 430 valence electrons. The van der Waals surface area contributed by atoms with E-state index in [1.165, 1.54) is 24.0 Å². The fourth-order valence-electron chi connectivity index (χ4n) is 8.96. The first kappa shape index (κ1) is 62.8. The third-order valence-electron chi connectivity index (χ3n) is 13.8. The van der Waals surface area contributed by atoms with Crippen LogP contribution in [-0.2, 0) is 31.9 Å². The maximum Gasteiger partial charge on any atom is 0.343 e. The summed E-state index contributed by atoms with van der Waals surface area (Å²) >= 11 is 0. The number of hydrogen-bond acceptors (Lipinski definition) is 12. The normalized spacial score (nSPS) is 11.4. The highest BCUT2D eigenvalue weighted by atomic mass is 16.5. The van der Waals surface area contributed by atoms with Gasteiger partial charge in [0.05, 0.1) is 49.0 Å². The van der Waals surface area contributed by atoms with Crippen LogP contribution in [0, 0.1) is 0 Å². The minimum Gasteiger partial charge on any atom is -0.494 e. The van der Waals surface area contributed by atoms with Gasteiger partial charge in [-0.25, -0.2) is 19.2 Å². The van der Waals surface area contributed by atoms with E-state index in [-0.39, 0.29) is 0 Å². The summed E-state index contributed by atoms with van der Waals surface area (Å²) in [5.74, 6) is -0.0256. The fourth-order valence-corrected chi connectivity index (χ4v) is 8.96. The first-order valence-corrected chi connectivity index (χ1v) is 29.0. The molecule has 0 unspecified atom stereocenters. The molecule has 0 aliphatic carbocycles. The number of hydrogen-bond donors (Lipinski definition) is 0. The van der Waals surface area contributed by atoms with Gasteiger partial charge in [-0.2, -0.15) is 10.2 Å². The molecular weight excluding hydrogens is 1030 g/mol. The molecule has 0 radical (unpaired) electrons. The van der Waals surface area contributed by atoms with Crippen LogP contribution in [0.3, 0.4) is 0 Å². The van der Waals surface area contributed by atoms with Gasteiger partial charge in [0, 0.05) is 23.3 Å². The lowest BCUT2D eigenvalue weighted by atomic mass is 9.98. The molecule has 82 heavy (non-hydrogen) atoms. The van der Waals surface area contributed by atoms with Crippen LogP contribution < -0.4 is 18.9 Å². The largest absolute Gasteiger partial charge is 0.494 e. The Morgan fingerprint density at radius 3 is 1.12 bits per heavy atom. The molecule has 0 amide bonds. The van der Waals surface area contributed by atoms with Gasteiger partial charge in [0.2, 0.25) is 0 Å². The number of carbonyl (C=O) groups excluding carboxylic acids is 4. The molecule has 12 heteroatoms. The molecule has 6 aromatic rings. The summed E-state index contributed by atoms with van der Waals surface area (Å²) in [4.78, 5) is 50.2. The average Bonchev–Trinajstić information content (AvgIpc) is 3.58. The molecule has 0 fully saturated rings. The van der Waals surface area contributed by atoms with Crippen molar-refractivity contribution in [1.82, 2.24) is 0 Å². The van der Waals surface area contributed by atoms with Gasteiger partial charge in [0.25, 0.3) is 0 Å². The van der Waals surface area contributed by atoms with Gasteiger partial charge < -0.3 is 28.4 Å². The van der Waals surface area contributed by atoms with Crippen LogP contribution in [0.15, 0.2) is 169 Å². The predicted molar refractivity (Wildman–Crippen MR) is 328 cm³/mol. The van der Waals surface area contributed by atoms with Crippen molar-refractivity contribution < 1.29 is 47.6 Å². The zero-order valence-corrected chi connectivity index (χ0v) is 48.4. The van der Waals surface area contributed by atoms with Gasteiger partial charge in [-0.3, -0.25) is 0 Å². The molecule has 0 aliphatic heterocycles. The van der Waals surface area contributed by atoms with E-state index >= 15 is 0 Å². The summed E-state index contributed by atoms with van der Waals surface area (Å²) in [7, 11) is 0. The number of aryl methyl sites for hydroxylation is 2. The Balaban J connectivity index is 1.22. The number of rotatable bonds is 35. The number of ether oxygens (including phenoxy) is 6. The van der Waals surface area contributed by atoms with E-state index in [0.29, 0.717) is 83.1 Å². The average molecular weight is 1110 g/mol. The van der Waals surface area contributed by atoms with E-state index in [1.54, 1.807) is 60.7 Å². The molecular formula is C70H80N2O10. The third-order valence-corrected chi connectivity index (χ3v) is 13.8. The van der Waals surface area contributed by atoms with Crippen molar-refractivity contribution >= 4 is 35.3 Å². The predicted octanol–water partition coefficient (Wildman–Crippen LogP) is 16.5. The monoisotopic (exact) mass is 1110 g/mol. The summed E-state index contributed by atoms with van der Waals surface area (Å²) in [5, 5.41) is 9.55. The van der Waals surface area contributed by atoms with Gasteiger partial charge in [0.1, 0.15) is 23.0 Å². The summed E-state index contributed by atoms with van der Waals surface area (Å²) < 4.78 is 34.3. The SMILES string of the molecule is C=CC(=O)OCCCCCCOc1ccc(C(=O)Oc2ccc(-c3ccc(CCCCC)cc3)cc2/C(C)=N/N=C(\C)c2cc(-c3ccc(CCCCC)cc3)ccc2OC(=O)c2ccc(OCCCCCCOC(=O)C=C)cc2)cc1. The zero-order valence-electron chi connectivity index (χ0n) is 48.4. The van der Waals surface area contributed by atoms with Gasteiger partial charge in [-0.1, -0.05) is 113 Å². The number of unbranched alkanes of at least 4 members (excludes halogenated alkanes) is 10. The van der Waals surface area contributed by atoms with Gasteiger partial charge in [-0.15, -0.1) is 0 Å². The van der Waals surface area contributed by atoms with Crippen LogP contribution in [0.2, 0.25) is 0 Å². The van der Waals surface area contributed by atoms with E-state index in [1.807, 2.05) is 38.1 Å². The number of esters is 4. The van der Waals surface area contributed by atoms with Crippen LogP contribution in [-0.4, -0.2) is 61.7 Å². The Bertz CT molecular complexity index is 2860. The quantitative estimate of drug-likeness (QED) is 0.00940. The Morgan fingerprint density at radius 2 is 0.768 bits per heavy atom. The molecule has 0 saturated heterocycles. The summed E-state index contributed by atoms with van der Waals surface area (Å²) in [6.45, 7) is 16.6. The standard InChI is InChI=1S/C70H80N2O10/c1-7-11-17-23-53-25-29-55(30-26-53)59-37-43-65(81-69(75)57-33-39-61(40-34-57)77-45-19-13-15-21-47-79-67(73)9-3)63(49-59)51(5)71-72-52(6)64-50-60(56-31-27-54(28-32-56)24-18-12-8-2)38-44-66(64)82-70(76)58-35-41-62(42-36-58)78-46-20-14-16-22-48-80-68(74)10-4/h9-10,25-44,49-50H,3-4,7-8,11-24,45-48H2,1-2,5-6H3/b71-51+,72-52+. The topological polar surface area (TPSA) is 148 Å². The second-order valence-electron chi connectivity index (χ2n) is 20.2. The first-order valence-electron chi connectivity index (χ1n) is 29.0. The minimum absolute atomic E-state index is 0.311. The Labute approximate surface area is 485 Å². The highest BCUT2D eigenvalue weighted by molar-refractivity contribution is 6.06. The van der Waals surface area contributed by atoms with Gasteiger partial charge in [0.15, 0.2) is 0 Å².